The topological polar surface area (TPSA) is 85.8 Å². The SMILES string of the molecule is O=C1C(c2ccc3c4c(cccc24)NC2(CCCC2)N3)=C(O)/C1=c1\ccc2c3c(cccc13)NC1(CCCC1)N=2. The van der Waals surface area contributed by atoms with Crippen molar-refractivity contribution in [1.82, 2.24) is 0 Å². The van der Waals surface area contributed by atoms with Gasteiger partial charge < -0.3 is 21.1 Å². The average Bonchev–Trinajstić information content (AvgIpc) is 3.61. The molecule has 4 N–H and O–H groups in total. The summed E-state index contributed by atoms with van der Waals surface area (Å²) in [7, 11) is 0. The van der Waals surface area contributed by atoms with Gasteiger partial charge in [0.2, 0.25) is 5.78 Å². The van der Waals surface area contributed by atoms with Crippen molar-refractivity contribution in [3.05, 3.63) is 82.6 Å². The number of nitrogens with one attached hydrogen (secondary N) is 3. The van der Waals surface area contributed by atoms with Crippen LogP contribution in [0.3, 0.4) is 0 Å². The maximum absolute atomic E-state index is 13.8. The van der Waals surface area contributed by atoms with Crippen molar-refractivity contribution in [3.8, 4) is 0 Å². The van der Waals surface area contributed by atoms with Crippen molar-refractivity contribution in [2.24, 2.45) is 4.99 Å². The van der Waals surface area contributed by atoms with Crippen molar-refractivity contribution in [2.75, 3.05) is 16.0 Å². The second-order valence-corrected chi connectivity index (χ2v) is 12.2. The van der Waals surface area contributed by atoms with E-state index in [2.05, 4.69) is 34.1 Å². The number of Topliss-reactive ketones (excluding diaryl/α,β-unsaturated/α-hetero) is 1. The molecule has 0 bridgehead atoms. The standard InChI is InChI=1S/C34H30N4O2/c39-31-29(21-11-13-25-27-19(21)7-5-9-23(27)35-33(37-25)15-1-2-16-33)32(40)30(31)22-12-14-26-28-20(22)8-6-10-24(28)36-34(38-26)17-3-4-18-34/h5-14,35-37,39H,1-4,15-18H2/b30-22-. The predicted octanol–water partition coefficient (Wildman–Crippen LogP) is 6.12. The van der Waals surface area contributed by atoms with Gasteiger partial charge in [0.1, 0.15) is 17.1 Å². The fourth-order valence-electron chi connectivity index (χ4n) is 8.02. The number of nitrogens with zero attached hydrogens (tertiary/aromatic N) is 1. The molecule has 40 heavy (non-hydrogen) atoms. The van der Waals surface area contributed by atoms with Crippen LogP contribution >= 0.6 is 0 Å². The van der Waals surface area contributed by atoms with Gasteiger partial charge in [-0.05, 0) is 97.2 Å². The van der Waals surface area contributed by atoms with Crippen LogP contribution in [0.5, 0.6) is 0 Å². The van der Waals surface area contributed by atoms with E-state index in [-0.39, 0.29) is 22.9 Å². The van der Waals surface area contributed by atoms with Crippen molar-refractivity contribution in [1.29, 1.82) is 0 Å². The first-order valence-corrected chi connectivity index (χ1v) is 14.6. The molecule has 9 rings (SSSR count). The van der Waals surface area contributed by atoms with Gasteiger partial charge >= 0.3 is 0 Å². The Morgan fingerprint density at radius 2 is 1.35 bits per heavy atom. The van der Waals surface area contributed by atoms with E-state index in [1.165, 1.54) is 25.7 Å². The molecule has 0 radical (unpaired) electrons. The van der Waals surface area contributed by atoms with Crippen LogP contribution < -0.4 is 26.5 Å². The number of aliphatic hydroxyl groups is 1. The van der Waals surface area contributed by atoms with Gasteiger partial charge in [-0.15, -0.1) is 0 Å². The van der Waals surface area contributed by atoms with Crippen LogP contribution in [-0.4, -0.2) is 22.2 Å². The third-order valence-corrected chi connectivity index (χ3v) is 9.86. The number of hydrogen-bond acceptors (Lipinski definition) is 6. The molecule has 4 aromatic carbocycles. The summed E-state index contributed by atoms with van der Waals surface area (Å²) in [5.41, 5.74) is 4.50. The van der Waals surface area contributed by atoms with E-state index in [1.54, 1.807) is 0 Å². The summed E-state index contributed by atoms with van der Waals surface area (Å²) >= 11 is 0. The minimum Gasteiger partial charge on any atom is -0.506 e. The number of hydrogen-bond donors (Lipinski definition) is 4. The van der Waals surface area contributed by atoms with Gasteiger partial charge in [-0.2, -0.15) is 0 Å². The van der Waals surface area contributed by atoms with Crippen LogP contribution in [0.4, 0.5) is 17.1 Å². The van der Waals surface area contributed by atoms with Gasteiger partial charge in [-0.1, -0.05) is 36.4 Å². The maximum Gasteiger partial charge on any atom is 0.201 e. The summed E-state index contributed by atoms with van der Waals surface area (Å²) in [4.78, 5) is 19.0. The smallest absolute Gasteiger partial charge is 0.201 e. The zero-order valence-corrected chi connectivity index (χ0v) is 22.2. The highest BCUT2D eigenvalue weighted by molar-refractivity contribution is 6.53. The highest BCUT2D eigenvalue weighted by atomic mass is 16.3. The number of aliphatic hydroxyl groups excluding tert-OH is 1. The quantitative estimate of drug-likeness (QED) is 0.240. The number of benzene rings is 4. The lowest BCUT2D eigenvalue weighted by Gasteiger charge is -2.39. The minimum absolute atomic E-state index is 0.0726. The fourth-order valence-corrected chi connectivity index (χ4v) is 8.02. The molecule has 5 aliphatic rings. The fraction of sp³-hybridized carbons (Fsp3) is 0.294. The average molecular weight is 527 g/mol. The monoisotopic (exact) mass is 526 g/mol. The molecule has 6 nitrogen and oxygen atoms in total. The third kappa shape index (κ3) is 2.88. The molecule has 2 aliphatic heterocycles. The first-order chi connectivity index (χ1) is 19.5. The van der Waals surface area contributed by atoms with E-state index in [1.807, 2.05) is 42.5 Å². The lowest BCUT2D eigenvalue weighted by molar-refractivity contribution is -0.109. The zero-order chi connectivity index (χ0) is 26.6. The molecule has 0 atom stereocenters. The molecule has 0 amide bonds. The summed E-state index contributed by atoms with van der Waals surface area (Å²) in [5, 5.41) is 28.5. The van der Waals surface area contributed by atoms with E-state index < -0.39 is 0 Å². The molecule has 2 fully saturated rings. The van der Waals surface area contributed by atoms with Crippen molar-refractivity contribution < 1.29 is 9.90 Å². The Balaban J connectivity index is 1.22. The Kier molecular flexibility index (Phi) is 4.31. The minimum atomic E-state index is -0.215. The van der Waals surface area contributed by atoms with Gasteiger partial charge in [-0.3, -0.25) is 9.79 Å². The molecule has 6 heteroatoms. The molecule has 2 heterocycles. The summed E-state index contributed by atoms with van der Waals surface area (Å²) in [6, 6.07) is 20.4. The highest BCUT2D eigenvalue weighted by Crippen LogP contribution is 2.47. The summed E-state index contributed by atoms with van der Waals surface area (Å²) < 4.78 is 0. The van der Waals surface area contributed by atoms with Crippen LogP contribution in [0.15, 0.2) is 71.4 Å². The third-order valence-electron chi connectivity index (χ3n) is 9.86. The predicted molar refractivity (Wildman–Crippen MR) is 160 cm³/mol. The van der Waals surface area contributed by atoms with Gasteiger partial charge in [0.25, 0.3) is 0 Å². The van der Waals surface area contributed by atoms with Crippen molar-refractivity contribution in [3.63, 3.8) is 0 Å². The first-order valence-electron chi connectivity index (χ1n) is 14.6. The lowest BCUT2D eigenvalue weighted by atomic mass is 9.79. The van der Waals surface area contributed by atoms with E-state index >= 15 is 0 Å². The Bertz CT molecular complexity index is 1960. The van der Waals surface area contributed by atoms with Gasteiger partial charge in [-0.25, -0.2) is 0 Å². The van der Waals surface area contributed by atoms with E-state index in [0.29, 0.717) is 11.1 Å². The molecule has 2 saturated carbocycles. The normalized spacial score (nSPS) is 22.8. The van der Waals surface area contributed by atoms with Gasteiger partial charge in [0, 0.05) is 27.8 Å². The Hall–Kier alpha value is -4.32. The van der Waals surface area contributed by atoms with Crippen LogP contribution in [0, 0.1) is 0 Å². The molecule has 198 valence electrons. The molecular weight excluding hydrogens is 496 g/mol. The number of ketones is 1. The second kappa shape index (κ2) is 7.66. The lowest BCUT2D eigenvalue weighted by Crippen LogP contribution is -2.45. The van der Waals surface area contributed by atoms with E-state index in [4.69, 9.17) is 4.99 Å². The Morgan fingerprint density at radius 1 is 0.675 bits per heavy atom. The summed E-state index contributed by atoms with van der Waals surface area (Å²) in [6.07, 6.45) is 9.02. The Labute approximate surface area is 231 Å². The highest BCUT2D eigenvalue weighted by Gasteiger charge is 2.40. The number of carbonyl (C=O) groups excluding carboxylic acids is 1. The number of anilines is 3. The van der Waals surface area contributed by atoms with Gasteiger partial charge in [0.15, 0.2) is 0 Å². The number of allylic oxidation sites excluding steroid dienone is 2. The van der Waals surface area contributed by atoms with Crippen molar-refractivity contribution in [2.45, 2.75) is 62.7 Å². The molecule has 2 spiro atoms. The van der Waals surface area contributed by atoms with Crippen LogP contribution in [-0.2, 0) is 4.79 Å². The van der Waals surface area contributed by atoms with Crippen LogP contribution in [0.1, 0.15) is 56.9 Å². The molecular formula is C34H30N4O2. The second-order valence-electron chi connectivity index (χ2n) is 12.2. The molecule has 0 unspecified atom stereocenters. The zero-order valence-electron chi connectivity index (χ0n) is 22.2. The van der Waals surface area contributed by atoms with Crippen molar-refractivity contribution >= 4 is 55.5 Å². The summed E-state index contributed by atoms with van der Waals surface area (Å²) in [6.45, 7) is 0. The van der Waals surface area contributed by atoms with E-state index in [0.717, 1.165) is 80.4 Å². The molecule has 3 aliphatic carbocycles. The first kappa shape index (κ1) is 22.5. The van der Waals surface area contributed by atoms with E-state index in [9.17, 15) is 9.90 Å². The molecule has 0 aromatic heterocycles. The van der Waals surface area contributed by atoms with Crippen LogP contribution in [0.2, 0.25) is 0 Å². The number of carbonyl (C=O) groups is 1. The van der Waals surface area contributed by atoms with Crippen LogP contribution in [0.25, 0.3) is 32.7 Å². The molecule has 0 saturated heterocycles. The molecule has 4 aromatic rings. The largest absolute Gasteiger partial charge is 0.506 e. The number of rotatable bonds is 1. The van der Waals surface area contributed by atoms with Gasteiger partial charge in [0.05, 0.1) is 16.5 Å². The summed E-state index contributed by atoms with van der Waals surface area (Å²) in [5.74, 6) is -0.0424. The Morgan fingerprint density at radius 3 is 2.10 bits per heavy atom. The maximum atomic E-state index is 13.8.